The maximum atomic E-state index is 11.7. The van der Waals surface area contributed by atoms with E-state index in [1.165, 1.54) is 6.20 Å². The number of ether oxygens (including phenoxy) is 4. The molecule has 1 aromatic carbocycles. The largest absolute Gasteiger partial charge is 0.490 e. The molecule has 2 aromatic rings. The fourth-order valence-electron chi connectivity index (χ4n) is 2.83. The predicted molar refractivity (Wildman–Crippen MR) is 107 cm³/mol. The average molecular weight is 399 g/mol. The van der Waals surface area contributed by atoms with Gasteiger partial charge in [0.15, 0.2) is 5.79 Å². The van der Waals surface area contributed by atoms with Gasteiger partial charge in [0.25, 0.3) is 0 Å². The van der Waals surface area contributed by atoms with Gasteiger partial charge in [0.2, 0.25) is 0 Å². The number of hydrogen-bond acceptors (Lipinski definition) is 7. The molecule has 1 saturated heterocycles. The molecule has 0 radical (unpaired) electrons. The summed E-state index contributed by atoms with van der Waals surface area (Å²) in [4.78, 5) is 18.7. The van der Waals surface area contributed by atoms with Crippen LogP contribution < -0.4 is 4.74 Å². The van der Waals surface area contributed by atoms with Crippen LogP contribution in [0.15, 0.2) is 36.5 Å². The second-order valence-corrected chi connectivity index (χ2v) is 6.91. The van der Waals surface area contributed by atoms with Crippen molar-refractivity contribution in [1.82, 2.24) is 9.97 Å². The molecule has 0 amide bonds. The zero-order chi connectivity index (χ0) is 20.9. The smallest absolute Gasteiger partial charge is 0.356 e. The highest BCUT2D eigenvalue weighted by atomic mass is 16.7. The fourth-order valence-corrected chi connectivity index (χ4v) is 2.83. The summed E-state index contributed by atoms with van der Waals surface area (Å²) in [7, 11) is 0. The Kier molecular flexibility index (Phi) is 6.46. The number of nitrogens with zero attached hydrogens (tertiary/aromatic N) is 1. The average Bonchev–Trinajstić information content (AvgIpc) is 3.31. The number of aromatic nitrogens is 2. The van der Waals surface area contributed by atoms with Crippen molar-refractivity contribution in [2.24, 2.45) is 0 Å². The lowest BCUT2D eigenvalue weighted by atomic mass is 10.1. The van der Waals surface area contributed by atoms with E-state index < -0.39 is 11.8 Å². The second kappa shape index (κ2) is 9.02. The van der Waals surface area contributed by atoms with E-state index in [1.807, 2.05) is 38.1 Å². The van der Waals surface area contributed by atoms with Crippen LogP contribution in [0.25, 0.3) is 6.08 Å². The van der Waals surface area contributed by atoms with Gasteiger partial charge in [-0.3, -0.25) is 0 Å². The third-order valence-corrected chi connectivity index (χ3v) is 4.17. The molecule has 0 saturated carbocycles. The van der Waals surface area contributed by atoms with E-state index in [0.717, 1.165) is 0 Å². The Morgan fingerprint density at radius 3 is 2.93 bits per heavy atom. The van der Waals surface area contributed by atoms with E-state index in [-0.39, 0.29) is 17.5 Å². The number of carbonyl (C=O) groups is 1. The molecule has 2 heterocycles. The van der Waals surface area contributed by atoms with E-state index >= 15 is 0 Å². The standard InChI is InChI=1S/C21H25N3O5/c1-4-26-20(25)17-11-23-19(24-17)10-9-16(22)15-7-5-6-8-18(15)27-12-14-13-28-21(2,3)29-14/h5-11,14,22H,4,12-13H2,1-3H3,(H,23,24)/b10-9-,22-16?. The van der Waals surface area contributed by atoms with Gasteiger partial charge < -0.3 is 29.3 Å². The Bertz CT molecular complexity index is 903. The first-order valence-corrected chi connectivity index (χ1v) is 9.40. The minimum Gasteiger partial charge on any atom is -0.490 e. The summed E-state index contributed by atoms with van der Waals surface area (Å²) >= 11 is 0. The normalized spacial score (nSPS) is 18.1. The maximum Gasteiger partial charge on any atom is 0.356 e. The van der Waals surface area contributed by atoms with Crippen LogP contribution in [0.3, 0.4) is 0 Å². The zero-order valence-corrected chi connectivity index (χ0v) is 16.7. The molecule has 0 aliphatic carbocycles. The molecule has 0 spiro atoms. The van der Waals surface area contributed by atoms with Gasteiger partial charge in [0.1, 0.15) is 30.0 Å². The van der Waals surface area contributed by atoms with Gasteiger partial charge in [-0.15, -0.1) is 0 Å². The lowest BCUT2D eigenvalue weighted by Crippen LogP contribution is -2.25. The highest BCUT2D eigenvalue weighted by Gasteiger charge is 2.33. The molecule has 1 aliphatic rings. The first-order chi connectivity index (χ1) is 13.9. The molecule has 3 rings (SSSR count). The molecule has 2 N–H and O–H groups in total. The van der Waals surface area contributed by atoms with Crippen molar-refractivity contribution in [2.45, 2.75) is 32.7 Å². The monoisotopic (exact) mass is 399 g/mol. The Balaban J connectivity index is 1.64. The number of hydrogen-bond donors (Lipinski definition) is 2. The first kappa shape index (κ1) is 20.8. The van der Waals surface area contributed by atoms with Crippen molar-refractivity contribution in [1.29, 1.82) is 5.41 Å². The fraction of sp³-hybridized carbons (Fsp3) is 0.381. The van der Waals surface area contributed by atoms with E-state index in [9.17, 15) is 4.79 Å². The molecule has 1 aromatic heterocycles. The summed E-state index contributed by atoms with van der Waals surface area (Å²) in [6, 6.07) is 7.31. The Labute approximate surface area is 169 Å². The molecule has 1 aliphatic heterocycles. The molecular formula is C21H25N3O5. The molecule has 1 fully saturated rings. The number of H-pyrrole nitrogens is 1. The molecule has 154 valence electrons. The van der Waals surface area contributed by atoms with Crippen LogP contribution in [0.1, 0.15) is 42.6 Å². The summed E-state index contributed by atoms with van der Waals surface area (Å²) in [5.74, 6) is -0.0270. The quantitative estimate of drug-likeness (QED) is 0.521. The first-order valence-electron chi connectivity index (χ1n) is 9.40. The third-order valence-electron chi connectivity index (χ3n) is 4.17. The van der Waals surface area contributed by atoms with Crippen LogP contribution in [0.2, 0.25) is 0 Å². The van der Waals surface area contributed by atoms with Crippen molar-refractivity contribution in [2.75, 3.05) is 19.8 Å². The third kappa shape index (κ3) is 5.52. The van der Waals surface area contributed by atoms with Crippen molar-refractivity contribution in [3.63, 3.8) is 0 Å². The lowest BCUT2D eigenvalue weighted by molar-refractivity contribution is -0.141. The summed E-state index contributed by atoms with van der Waals surface area (Å²) in [6.07, 6.45) is 4.46. The number of esters is 1. The summed E-state index contributed by atoms with van der Waals surface area (Å²) in [5, 5.41) is 8.37. The minimum absolute atomic E-state index is 0.160. The number of carbonyl (C=O) groups excluding carboxylic acids is 1. The van der Waals surface area contributed by atoms with Gasteiger partial charge in [0, 0.05) is 5.56 Å². The predicted octanol–water partition coefficient (Wildman–Crippen LogP) is 3.20. The van der Waals surface area contributed by atoms with Crippen molar-refractivity contribution in [3.05, 3.63) is 53.6 Å². The Morgan fingerprint density at radius 2 is 2.21 bits per heavy atom. The van der Waals surface area contributed by atoms with Gasteiger partial charge in [0.05, 0.1) is 25.1 Å². The summed E-state index contributed by atoms with van der Waals surface area (Å²) < 4.78 is 22.1. The highest BCUT2D eigenvalue weighted by Crippen LogP contribution is 2.24. The van der Waals surface area contributed by atoms with Crippen molar-refractivity contribution >= 4 is 17.8 Å². The molecular weight excluding hydrogens is 374 g/mol. The lowest BCUT2D eigenvalue weighted by Gasteiger charge is -2.18. The van der Waals surface area contributed by atoms with E-state index in [0.29, 0.717) is 37.0 Å². The van der Waals surface area contributed by atoms with E-state index in [1.54, 1.807) is 19.1 Å². The Hall–Kier alpha value is -2.97. The number of para-hydroxylation sites is 1. The highest BCUT2D eigenvalue weighted by molar-refractivity contribution is 6.10. The van der Waals surface area contributed by atoms with E-state index in [4.69, 9.17) is 24.4 Å². The molecule has 8 heteroatoms. The summed E-state index contributed by atoms with van der Waals surface area (Å²) in [6.45, 7) is 6.56. The van der Waals surface area contributed by atoms with Gasteiger partial charge in [-0.1, -0.05) is 12.1 Å². The van der Waals surface area contributed by atoms with Crippen LogP contribution in [0.4, 0.5) is 0 Å². The summed E-state index contributed by atoms with van der Waals surface area (Å²) in [5.41, 5.74) is 1.15. The minimum atomic E-state index is -0.603. The number of imidazole rings is 1. The van der Waals surface area contributed by atoms with Crippen LogP contribution in [-0.2, 0) is 14.2 Å². The van der Waals surface area contributed by atoms with Crippen LogP contribution in [-0.4, -0.2) is 53.4 Å². The van der Waals surface area contributed by atoms with Crippen LogP contribution in [0.5, 0.6) is 5.75 Å². The topological polar surface area (TPSA) is 107 Å². The second-order valence-electron chi connectivity index (χ2n) is 6.91. The zero-order valence-electron chi connectivity index (χ0n) is 16.7. The number of allylic oxidation sites excluding steroid dienone is 1. The molecule has 0 bridgehead atoms. The number of aromatic amines is 1. The van der Waals surface area contributed by atoms with Gasteiger partial charge in [-0.25, -0.2) is 9.78 Å². The molecule has 1 atom stereocenters. The molecule has 8 nitrogen and oxygen atoms in total. The molecule has 1 unspecified atom stereocenters. The number of benzene rings is 1. The molecule has 29 heavy (non-hydrogen) atoms. The van der Waals surface area contributed by atoms with Crippen molar-refractivity contribution in [3.8, 4) is 5.75 Å². The van der Waals surface area contributed by atoms with Crippen LogP contribution in [0, 0.1) is 5.41 Å². The van der Waals surface area contributed by atoms with Gasteiger partial charge >= 0.3 is 5.97 Å². The SMILES string of the molecule is CCOC(=O)c1cnc(/C=C\C(=N)c2ccccc2OCC2COC(C)(C)O2)[nH]1. The van der Waals surface area contributed by atoms with Gasteiger partial charge in [-0.2, -0.15) is 0 Å². The maximum absolute atomic E-state index is 11.7. The van der Waals surface area contributed by atoms with Crippen LogP contribution >= 0.6 is 0 Å². The number of nitrogens with one attached hydrogen (secondary N) is 2. The van der Waals surface area contributed by atoms with Crippen molar-refractivity contribution < 1.29 is 23.7 Å². The van der Waals surface area contributed by atoms with E-state index in [2.05, 4.69) is 9.97 Å². The van der Waals surface area contributed by atoms with Gasteiger partial charge in [-0.05, 0) is 45.1 Å². The number of rotatable bonds is 8. The Morgan fingerprint density at radius 1 is 1.41 bits per heavy atom.